The van der Waals surface area contributed by atoms with Crippen molar-refractivity contribution >= 4 is 57.3 Å². The average Bonchev–Trinajstić information content (AvgIpc) is 3.11. The number of hydrogen-bond acceptors (Lipinski definition) is 6. The number of hydrogen-bond donors (Lipinski definition) is 1. The van der Waals surface area contributed by atoms with Crippen LogP contribution in [0.2, 0.25) is 10.0 Å². The van der Waals surface area contributed by atoms with E-state index in [4.69, 9.17) is 27.9 Å². The van der Waals surface area contributed by atoms with Gasteiger partial charge in [-0.3, -0.25) is 10.1 Å². The lowest BCUT2D eigenvalue weighted by Crippen LogP contribution is -2.20. The first-order valence-corrected chi connectivity index (χ1v) is 10.9. The Bertz CT molecular complexity index is 972. The smallest absolute Gasteiger partial charge is 0.264 e. The lowest BCUT2D eigenvalue weighted by Gasteiger charge is -2.09. The van der Waals surface area contributed by atoms with Crippen LogP contribution in [0.15, 0.2) is 40.7 Å². The van der Waals surface area contributed by atoms with Gasteiger partial charge in [0.2, 0.25) is 5.13 Å². The fourth-order valence-electron chi connectivity index (χ4n) is 2.37. The molecule has 146 valence electrons. The monoisotopic (exact) mass is 453 g/mol. The zero-order valence-corrected chi connectivity index (χ0v) is 18.3. The van der Waals surface area contributed by atoms with Crippen LogP contribution in [0, 0.1) is 13.8 Å². The van der Waals surface area contributed by atoms with Crippen LogP contribution in [0.25, 0.3) is 0 Å². The Morgan fingerprint density at radius 3 is 2.61 bits per heavy atom. The fourth-order valence-corrected chi connectivity index (χ4v) is 4.53. The number of thioether (sulfide) groups is 1. The number of rotatable bonds is 7. The minimum Gasteiger partial charge on any atom is -0.484 e. The predicted molar refractivity (Wildman–Crippen MR) is 116 cm³/mol. The molecular weight excluding hydrogens is 437 g/mol. The van der Waals surface area contributed by atoms with E-state index in [-0.39, 0.29) is 12.5 Å². The minimum atomic E-state index is -0.302. The van der Waals surface area contributed by atoms with E-state index in [1.165, 1.54) is 23.1 Å². The summed E-state index contributed by atoms with van der Waals surface area (Å²) in [6.45, 7) is 3.67. The van der Waals surface area contributed by atoms with Gasteiger partial charge in [0.15, 0.2) is 10.9 Å². The second kappa shape index (κ2) is 9.60. The zero-order valence-electron chi connectivity index (χ0n) is 15.2. The molecule has 2 aromatic carbocycles. The van der Waals surface area contributed by atoms with Gasteiger partial charge in [0, 0.05) is 15.8 Å². The number of carbonyl (C=O) groups excluding carboxylic acids is 1. The lowest BCUT2D eigenvalue weighted by molar-refractivity contribution is -0.118. The van der Waals surface area contributed by atoms with E-state index < -0.39 is 0 Å². The molecule has 1 amide bonds. The Hall–Kier alpha value is -1.80. The Balaban J connectivity index is 1.50. The van der Waals surface area contributed by atoms with Crippen LogP contribution in [0.5, 0.6) is 5.75 Å². The van der Waals surface area contributed by atoms with Crippen molar-refractivity contribution in [1.82, 2.24) is 10.2 Å². The molecule has 0 saturated heterocycles. The fraction of sp³-hybridized carbons (Fsp3) is 0.211. The molecular formula is C19H17Cl2N3O2S2. The molecule has 28 heavy (non-hydrogen) atoms. The number of nitrogens with zero attached hydrogens (tertiary/aromatic N) is 2. The molecule has 1 aromatic heterocycles. The molecule has 0 bridgehead atoms. The second-order valence-corrected chi connectivity index (χ2v) is 8.95. The van der Waals surface area contributed by atoms with Gasteiger partial charge in [-0.2, -0.15) is 0 Å². The molecule has 0 saturated carbocycles. The van der Waals surface area contributed by atoms with Gasteiger partial charge < -0.3 is 4.74 Å². The number of anilines is 1. The zero-order chi connectivity index (χ0) is 20.1. The molecule has 0 atom stereocenters. The van der Waals surface area contributed by atoms with Crippen LogP contribution < -0.4 is 10.1 Å². The summed E-state index contributed by atoms with van der Waals surface area (Å²) in [4.78, 5) is 12.1. The largest absolute Gasteiger partial charge is 0.484 e. The van der Waals surface area contributed by atoms with E-state index in [0.29, 0.717) is 21.7 Å². The summed E-state index contributed by atoms with van der Waals surface area (Å²) < 4.78 is 6.30. The molecule has 0 aliphatic rings. The maximum absolute atomic E-state index is 12.1. The van der Waals surface area contributed by atoms with Gasteiger partial charge >= 0.3 is 0 Å². The van der Waals surface area contributed by atoms with E-state index in [1.54, 1.807) is 12.1 Å². The maximum Gasteiger partial charge on any atom is 0.264 e. The van der Waals surface area contributed by atoms with E-state index in [0.717, 1.165) is 26.1 Å². The summed E-state index contributed by atoms with van der Waals surface area (Å²) in [6.07, 6.45) is 0. The molecule has 3 rings (SSSR count). The van der Waals surface area contributed by atoms with Crippen molar-refractivity contribution in [3.63, 3.8) is 0 Å². The number of ether oxygens (including phenoxy) is 1. The highest BCUT2D eigenvalue weighted by Crippen LogP contribution is 2.30. The predicted octanol–water partition coefficient (Wildman–Crippen LogP) is 5.77. The van der Waals surface area contributed by atoms with Gasteiger partial charge in [0.1, 0.15) is 5.75 Å². The molecule has 5 nitrogen and oxygen atoms in total. The van der Waals surface area contributed by atoms with Gasteiger partial charge in [-0.15, -0.1) is 10.2 Å². The van der Waals surface area contributed by atoms with Crippen LogP contribution in [-0.4, -0.2) is 22.7 Å². The number of aromatic nitrogens is 2. The van der Waals surface area contributed by atoms with Gasteiger partial charge in [-0.05, 0) is 48.7 Å². The first kappa shape index (κ1) is 20.9. The molecule has 0 aliphatic carbocycles. The Labute approximate surface area is 181 Å². The number of nitrogens with one attached hydrogen (secondary N) is 1. The number of amides is 1. The van der Waals surface area contributed by atoms with E-state index in [2.05, 4.69) is 15.5 Å². The Kier molecular flexibility index (Phi) is 7.18. The highest BCUT2D eigenvalue weighted by atomic mass is 35.5. The molecule has 1 heterocycles. The van der Waals surface area contributed by atoms with Crippen LogP contribution in [-0.2, 0) is 10.5 Å². The van der Waals surface area contributed by atoms with Crippen molar-refractivity contribution in [1.29, 1.82) is 0 Å². The van der Waals surface area contributed by atoms with Crippen molar-refractivity contribution in [3.8, 4) is 5.75 Å². The maximum atomic E-state index is 12.1. The third kappa shape index (κ3) is 5.61. The van der Waals surface area contributed by atoms with Gasteiger partial charge in [0.25, 0.3) is 5.91 Å². The molecule has 0 radical (unpaired) electrons. The van der Waals surface area contributed by atoms with Crippen LogP contribution in [0.4, 0.5) is 5.13 Å². The topological polar surface area (TPSA) is 64.1 Å². The third-order valence-electron chi connectivity index (χ3n) is 3.74. The van der Waals surface area contributed by atoms with Crippen molar-refractivity contribution < 1.29 is 9.53 Å². The molecule has 0 unspecified atom stereocenters. The highest BCUT2D eigenvalue weighted by Gasteiger charge is 2.11. The van der Waals surface area contributed by atoms with Crippen molar-refractivity contribution in [2.24, 2.45) is 0 Å². The summed E-state index contributed by atoms with van der Waals surface area (Å²) >= 11 is 15.1. The average molecular weight is 454 g/mol. The molecule has 1 N–H and O–H groups in total. The van der Waals surface area contributed by atoms with E-state index >= 15 is 0 Å². The van der Waals surface area contributed by atoms with E-state index in [9.17, 15) is 4.79 Å². The van der Waals surface area contributed by atoms with Gasteiger partial charge in [-0.1, -0.05) is 64.5 Å². The van der Waals surface area contributed by atoms with Crippen LogP contribution >= 0.6 is 46.3 Å². The first-order valence-electron chi connectivity index (χ1n) is 8.31. The van der Waals surface area contributed by atoms with E-state index in [1.807, 2.05) is 38.1 Å². The number of benzene rings is 2. The minimum absolute atomic E-state index is 0.123. The first-order chi connectivity index (χ1) is 13.4. The van der Waals surface area contributed by atoms with Crippen molar-refractivity contribution in [3.05, 3.63) is 63.1 Å². The SMILES string of the molecule is Cc1cc(OCC(=O)Nc2nnc(SCc3ccccc3Cl)s2)cc(C)c1Cl. The number of halogens is 2. The third-order valence-corrected chi connectivity index (χ3v) is 6.73. The molecule has 0 spiro atoms. The van der Waals surface area contributed by atoms with Crippen LogP contribution in [0.1, 0.15) is 16.7 Å². The standard InChI is InChI=1S/C19H17Cl2N3O2S2/c1-11-7-14(8-12(2)17(11)21)26-9-16(25)22-18-23-24-19(28-18)27-10-13-5-3-4-6-15(13)20/h3-8H,9-10H2,1-2H3,(H,22,23,25). The summed E-state index contributed by atoms with van der Waals surface area (Å²) in [5, 5.41) is 12.6. The normalized spacial score (nSPS) is 10.7. The van der Waals surface area contributed by atoms with Crippen molar-refractivity contribution in [2.45, 2.75) is 23.9 Å². The summed E-state index contributed by atoms with van der Waals surface area (Å²) in [6, 6.07) is 11.3. The van der Waals surface area contributed by atoms with Gasteiger partial charge in [-0.25, -0.2) is 0 Å². The molecule has 3 aromatic rings. The second-order valence-electron chi connectivity index (χ2n) is 5.96. The Morgan fingerprint density at radius 1 is 1.18 bits per heavy atom. The molecule has 0 aliphatic heterocycles. The summed E-state index contributed by atoms with van der Waals surface area (Å²) in [7, 11) is 0. The highest BCUT2D eigenvalue weighted by molar-refractivity contribution is 8.00. The van der Waals surface area contributed by atoms with Crippen molar-refractivity contribution in [2.75, 3.05) is 11.9 Å². The molecule has 0 fully saturated rings. The quantitative estimate of drug-likeness (QED) is 0.363. The summed E-state index contributed by atoms with van der Waals surface area (Å²) in [5.41, 5.74) is 2.83. The Morgan fingerprint density at radius 2 is 1.89 bits per heavy atom. The number of carbonyl (C=O) groups is 1. The van der Waals surface area contributed by atoms with Crippen LogP contribution in [0.3, 0.4) is 0 Å². The lowest BCUT2D eigenvalue weighted by atomic mass is 10.1. The molecule has 9 heteroatoms. The number of aryl methyl sites for hydroxylation is 2. The van der Waals surface area contributed by atoms with Gasteiger partial charge in [0.05, 0.1) is 0 Å². The summed E-state index contributed by atoms with van der Waals surface area (Å²) in [5.74, 6) is 0.979.